The van der Waals surface area contributed by atoms with Gasteiger partial charge in [0.15, 0.2) is 0 Å². The van der Waals surface area contributed by atoms with Crippen LogP contribution >= 0.6 is 0 Å². The first-order valence-electron chi connectivity index (χ1n) is 6.80. The molecule has 0 aromatic heterocycles. The number of aliphatic hydroxyl groups excluding tert-OH is 1. The van der Waals surface area contributed by atoms with Crippen LogP contribution in [0.2, 0.25) is 0 Å². The maximum atomic E-state index is 12.4. The van der Waals surface area contributed by atoms with E-state index in [9.17, 15) is 18.3 Å². The van der Waals surface area contributed by atoms with Crippen LogP contribution in [0.3, 0.4) is 0 Å². The zero-order valence-electron chi connectivity index (χ0n) is 12.3. The molecule has 0 rings (SSSR count). The van der Waals surface area contributed by atoms with Gasteiger partial charge >= 0.3 is 6.18 Å². The highest BCUT2D eigenvalue weighted by atomic mass is 19.4. The average molecular weight is 284 g/mol. The molecule has 0 aliphatic rings. The summed E-state index contributed by atoms with van der Waals surface area (Å²) in [6.45, 7) is 5.01. The Labute approximate surface area is 114 Å². The smallest absolute Gasteiger partial charge is 0.394 e. The Balaban J connectivity index is 4.34. The van der Waals surface area contributed by atoms with Gasteiger partial charge in [-0.15, -0.1) is 0 Å². The summed E-state index contributed by atoms with van der Waals surface area (Å²) in [5.74, 6) is 0. The van der Waals surface area contributed by atoms with Crippen molar-refractivity contribution >= 4 is 0 Å². The van der Waals surface area contributed by atoms with Crippen molar-refractivity contribution in [2.45, 2.75) is 57.8 Å². The van der Waals surface area contributed by atoms with Gasteiger partial charge in [-0.2, -0.15) is 13.2 Å². The number of nitrogens with one attached hydrogen (secondary N) is 1. The molecule has 0 bridgehead atoms. The van der Waals surface area contributed by atoms with Gasteiger partial charge in [0.2, 0.25) is 0 Å². The van der Waals surface area contributed by atoms with E-state index in [2.05, 4.69) is 5.32 Å². The van der Waals surface area contributed by atoms with Gasteiger partial charge < -0.3 is 10.4 Å². The first kappa shape index (κ1) is 18.7. The number of nitrogens with zero attached hydrogens (tertiary/aromatic N) is 1. The molecule has 0 fully saturated rings. The molecule has 0 aromatic carbocycles. The molecule has 2 N–H and O–H groups in total. The third-order valence-corrected chi connectivity index (χ3v) is 3.72. The Hall–Kier alpha value is -0.330. The lowest BCUT2D eigenvalue weighted by atomic mass is 9.91. The average Bonchev–Trinajstić information content (AvgIpc) is 2.32. The maximum Gasteiger partial charge on any atom is 0.401 e. The number of halogens is 3. The summed E-state index contributed by atoms with van der Waals surface area (Å²) in [6.07, 6.45) is -2.12. The van der Waals surface area contributed by atoms with Gasteiger partial charge in [-0.1, -0.05) is 6.92 Å². The van der Waals surface area contributed by atoms with E-state index in [0.29, 0.717) is 19.4 Å². The molecule has 3 nitrogen and oxygen atoms in total. The van der Waals surface area contributed by atoms with Crippen molar-refractivity contribution in [1.29, 1.82) is 0 Å². The predicted molar refractivity (Wildman–Crippen MR) is 71.2 cm³/mol. The molecule has 1 atom stereocenters. The first-order chi connectivity index (χ1) is 8.69. The fourth-order valence-corrected chi connectivity index (χ4v) is 2.12. The Morgan fingerprint density at radius 2 is 1.84 bits per heavy atom. The van der Waals surface area contributed by atoms with Crippen LogP contribution < -0.4 is 5.32 Å². The molecule has 0 aromatic rings. The number of aliphatic hydroxyl groups is 1. The van der Waals surface area contributed by atoms with E-state index < -0.39 is 12.7 Å². The Morgan fingerprint density at radius 3 is 2.16 bits per heavy atom. The van der Waals surface area contributed by atoms with Crippen LogP contribution in [0.1, 0.15) is 40.0 Å². The van der Waals surface area contributed by atoms with Crippen molar-refractivity contribution in [3.05, 3.63) is 0 Å². The van der Waals surface area contributed by atoms with Gasteiger partial charge in [0.05, 0.1) is 13.2 Å². The lowest BCUT2D eigenvalue weighted by molar-refractivity contribution is -0.149. The molecule has 116 valence electrons. The summed E-state index contributed by atoms with van der Waals surface area (Å²) in [4.78, 5) is 1.42. The largest absolute Gasteiger partial charge is 0.401 e. The van der Waals surface area contributed by atoms with Crippen molar-refractivity contribution in [1.82, 2.24) is 10.2 Å². The van der Waals surface area contributed by atoms with Crippen molar-refractivity contribution < 1.29 is 18.3 Å². The fraction of sp³-hybridized carbons (Fsp3) is 1.00. The highest BCUT2D eigenvalue weighted by Crippen LogP contribution is 2.20. The fourth-order valence-electron chi connectivity index (χ4n) is 2.12. The van der Waals surface area contributed by atoms with E-state index in [1.807, 2.05) is 6.92 Å². The van der Waals surface area contributed by atoms with Gasteiger partial charge in [0.25, 0.3) is 0 Å². The summed E-state index contributed by atoms with van der Waals surface area (Å²) in [5, 5.41) is 12.5. The second-order valence-corrected chi connectivity index (χ2v) is 5.32. The number of likely N-dealkylation sites (N-methyl/N-ethyl adjacent to an activating group) is 1. The standard InChI is InChI=1S/C13H27F3N2O/c1-5-12(10-19,17-4)7-6-8-18(11(2)3)9-13(14,15)16/h11,17,19H,5-10H2,1-4H3. The molecule has 19 heavy (non-hydrogen) atoms. The Morgan fingerprint density at radius 1 is 1.26 bits per heavy atom. The van der Waals surface area contributed by atoms with E-state index in [0.717, 1.165) is 6.42 Å². The third-order valence-electron chi connectivity index (χ3n) is 3.72. The third kappa shape index (κ3) is 7.13. The van der Waals surface area contributed by atoms with Gasteiger partial charge in [-0.3, -0.25) is 4.90 Å². The SMILES string of the molecule is CCC(CO)(CCCN(CC(F)(F)F)C(C)C)NC. The zero-order chi connectivity index (χ0) is 15.1. The summed E-state index contributed by atoms with van der Waals surface area (Å²) in [6, 6.07) is -0.138. The van der Waals surface area contributed by atoms with Crippen LogP contribution in [0.15, 0.2) is 0 Å². The van der Waals surface area contributed by atoms with E-state index >= 15 is 0 Å². The normalized spacial score (nSPS) is 16.1. The minimum Gasteiger partial charge on any atom is -0.394 e. The second kappa shape index (κ2) is 8.07. The predicted octanol–water partition coefficient (Wildman–Crippen LogP) is 2.40. The lowest BCUT2D eigenvalue weighted by Crippen LogP contribution is -2.47. The maximum absolute atomic E-state index is 12.4. The number of hydrogen-bond donors (Lipinski definition) is 2. The minimum atomic E-state index is -4.16. The minimum absolute atomic E-state index is 0.000942. The molecule has 6 heteroatoms. The zero-order valence-corrected chi connectivity index (χ0v) is 12.3. The molecule has 1 unspecified atom stereocenters. The van der Waals surface area contributed by atoms with Crippen molar-refractivity contribution in [3.8, 4) is 0 Å². The monoisotopic (exact) mass is 284 g/mol. The first-order valence-corrected chi connectivity index (χ1v) is 6.80. The molecular weight excluding hydrogens is 257 g/mol. The quantitative estimate of drug-likeness (QED) is 0.682. The summed E-state index contributed by atoms with van der Waals surface area (Å²) in [5.41, 5.74) is -0.374. The number of rotatable bonds is 9. The van der Waals surface area contributed by atoms with Gasteiger partial charge in [-0.25, -0.2) is 0 Å². The molecule has 0 aliphatic carbocycles. The molecule has 0 amide bonds. The second-order valence-electron chi connectivity index (χ2n) is 5.32. The highest BCUT2D eigenvalue weighted by molar-refractivity contribution is 4.85. The highest BCUT2D eigenvalue weighted by Gasteiger charge is 2.32. The van der Waals surface area contributed by atoms with Crippen LogP contribution in [-0.4, -0.2) is 54.5 Å². The van der Waals surface area contributed by atoms with Crippen molar-refractivity contribution in [2.75, 3.05) is 26.7 Å². The van der Waals surface area contributed by atoms with Gasteiger partial charge in [0.1, 0.15) is 0 Å². The molecule has 0 radical (unpaired) electrons. The van der Waals surface area contributed by atoms with E-state index in [1.54, 1.807) is 20.9 Å². The molecule has 0 aliphatic heterocycles. The molecular formula is C13H27F3N2O. The van der Waals surface area contributed by atoms with Crippen LogP contribution in [0, 0.1) is 0 Å². The van der Waals surface area contributed by atoms with Crippen LogP contribution in [-0.2, 0) is 0 Å². The van der Waals surface area contributed by atoms with E-state index in [1.165, 1.54) is 4.90 Å². The van der Waals surface area contributed by atoms with E-state index in [-0.39, 0.29) is 18.2 Å². The molecule has 0 spiro atoms. The lowest BCUT2D eigenvalue weighted by Gasteiger charge is -2.33. The molecule has 0 heterocycles. The summed E-state index contributed by atoms with van der Waals surface area (Å²) in [7, 11) is 1.77. The van der Waals surface area contributed by atoms with E-state index in [4.69, 9.17) is 0 Å². The summed E-state index contributed by atoms with van der Waals surface area (Å²) >= 11 is 0. The molecule has 0 saturated carbocycles. The Bertz CT molecular complexity index is 232. The van der Waals surface area contributed by atoms with Crippen LogP contribution in [0.25, 0.3) is 0 Å². The number of hydrogen-bond acceptors (Lipinski definition) is 3. The summed E-state index contributed by atoms with van der Waals surface area (Å²) < 4.78 is 37.3. The Kier molecular flexibility index (Phi) is 7.93. The van der Waals surface area contributed by atoms with Crippen LogP contribution in [0.4, 0.5) is 13.2 Å². The van der Waals surface area contributed by atoms with Gasteiger partial charge in [0, 0.05) is 11.6 Å². The van der Waals surface area contributed by atoms with Crippen LogP contribution in [0.5, 0.6) is 0 Å². The topological polar surface area (TPSA) is 35.5 Å². The molecule has 0 saturated heterocycles. The van der Waals surface area contributed by atoms with Crippen molar-refractivity contribution in [3.63, 3.8) is 0 Å². The van der Waals surface area contributed by atoms with Crippen molar-refractivity contribution in [2.24, 2.45) is 0 Å². The van der Waals surface area contributed by atoms with Gasteiger partial charge in [-0.05, 0) is 46.7 Å². The number of alkyl halides is 3.